The van der Waals surface area contributed by atoms with E-state index in [9.17, 15) is 9.59 Å². The Balaban J connectivity index is 2.79. The fourth-order valence-corrected chi connectivity index (χ4v) is 1.85. The van der Waals surface area contributed by atoms with Gasteiger partial charge < -0.3 is 14.7 Å². The molecule has 0 bridgehead atoms. The molecule has 0 radical (unpaired) electrons. The fourth-order valence-electron chi connectivity index (χ4n) is 1.85. The van der Waals surface area contributed by atoms with E-state index in [1.54, 1.807) is 20.8 Å². The van der Waals surface area contributed by atoms with Gasteiger partial charge in [0, 0.05) is 6.54 Å². The van der Waals surface area contributed by atoms with Crippen molar-refractivity contribution in [2.24, 2.45) is 5.41 Å². The zero-order chi connectivity index (χ0) is 14.0. The number of piperidine rings is 1. The number of carbonyl (C=O) groups excluding carboxylic acids is 1. The average molecular weight is 254 g/mol. The molecule has 6 nitrogen and oxygen atoms in total. The zero-order valence-electron chi connectivity index (χ0n) is 10.9. The van der Waals surface area contributed by atoms with Gasteiger partial charge in [-0.15, -0.1) is 0 Å². The van der Waals surface area contributed by atoms with E-state index in [1.807, 2.05) is 6.07 Å². The van der Waals surface area contributed by atoms with Crippen LogP contribution in [0.25, 0.3) is 0 Å². The van der Waals surface area contributed by atoms with Crippen molar-refractivity contribution in [3.8, 4) is 6.07 Å². The van der Waals surface area contributed by atoms with E-state index >= 15 is 0 Å². The van der Waals surface area contributed by atoms with E-state index < -0.39 is 23.1 Å². The highest BCUT2D eigenvalue weighted by Crippen LogP contribution is 2.30. The van der Waals surface area contributed by atoms with Crippen molar-refractivity contribution in [1.29, 1.82) is 5.26 Å². The number of ether oxygens (including phenoxy) is 1. The lowest BCUT2D eigenvalue weighted by Crippen LogP contribution is -2.50. The third-order valence-corrected chi connectivity index (χ3v) is 2.77. The maximum Gasteiger partial charge on any atom is 0.410 e. The zero-order valence-corrected chi connectivity index (χ0v) is 10.9. The lowest BCUT2D eigenvalue weighted by molar-refractivity contribution is -0.147. The number of amides is 1. The molecule has 1 N–H and O–H groups in total. The van der Waals surface area contributed by atoms with Gasteiger partial charge in [-0.05, 0) is 33.6 Å². The number of nitriles is 1. The third kappa shape index (κ3) is 3.13. The normalized spacial score (nSPS) is 24.2. The molecule has 1 aliphatic rings. The molecule has 1 fully saturated rings. The van der Waals surface area contributed by atoms with Crippen LogP contribution in [0.3, 0.4) is 0 Å². The summed E-state index contributed by atoms with van der Waals surface area (Å²) in [6.45, 7) is 5.52. The smallest absolute Gasteiger partial charge is 0.410 e. The van der Waals surface area contributed by atoms with Crippen molar-refractivity contribution < 1.29 is 19.4 Å². The molecule has 0 aromatic carbocycles. The van der Waals surface area contributed by atoms with E-state index in [2.05, 4.69) is 0 Å². The van der Waals surface area contributed by atoms with Gasteiger partial charge in [0.05, 0.1) is 12.6 Å². The van der Waals surface area contributed by atoms with Crippen LogP contribution in [0, 0.1) is 16.7 Å². The first-order valence-corrected chi connectivity index (χ1v) is 5.83. The Labute approximate surface area is 106 Å². The second kappa shape index (κ2) is 4.84. The van der Waals surface area contributed by atoms with Crippen molar-refractivity contribution in [3.05, 3.63) is 0 Å². The molecule has 0 unspecified atom stereocenters. The van der Waals surface area contributed by atoms with Gasteiger partial charge in [0.25, 0.3) is 0 Å². The Morgan fingerprint density at radius 3 is 2.50 bits per heavy atom. The number of hydrogen-bond acceptors (Lipinski definition) is 4. The standard InChI is InChI=1S/C12H18N2O4/c1-11(2,3)18-10(17)14-6-4-5-12(7-13,8-14)9(15)16/h4-6,8H2,1-3H3,(H,15,16)/t12-/m0/s1. The number of carboxylic acids is 1. The summed E-state index contributed by atoms with van der Waals surface area (Å²) in [7, 11) is 0. The number of aliphatic carboxylic acids is 1. The third-order valence-electron chi connectivity index (χ3n) is 2.77. The van der Waals surface area contributed by atoms with Crippen LogP contribution in [0.15, 0.2) is 0 Å². The van der Waals surface area contributed by atoms with Gasteiger partial charge in [-0.2, -0.15) is 5.26 Å². The summed E-state index contributed by atoms with van der Waals surface area (Å²) in [5, 5.41) is 18.2. The molecule has 6 heteroatoms. The van der Waals surface area contributed by atoms with Gasteiger partial charge in [-0.1, -0.05) is 0 Å². The fraction of sp³-hybridized carbons (Fsp3) is 0.750. The predicted octanol–water partition coefficient (Wildman–Crippen LogP) is 1.61. The van der Waals surface area contributed by atoms with E-state index in [-0.39, 0.29) is 13.0 Å². The van der Waals surface area contributed by atoms with Crippen LogP contribution in [-0.2, 0) is 9.53 Å². The molecular formula is C12H18N2O4. The average Bonchev–Trinajstić information content (AvgIpc) is 2.26. The van der Waals surface area contributed by atoms with Crippen LogP contribution in [0.1, 0.15) is 33.6 Å². The molecule has 1 heterocycles. The molecule has 1 amide bonds. The van der Waals surface area contributed by atoms with E-state index in [0.29, 0.717) is 13.0 Å². The maximum atomic E-state index is 11.8. The van der Waals surface area contributed by atoms with Gasteiger partial charge in [0.2, 0.25) is 0 Å². The van der Waals surface area contributed by atoms with Gasteiger partial charge in [0.1, 0.15) is 5.60 Å². The molecule has 18 heavy (non-hydrogen) atoms. The highest BCUT2D eigenvalue weighted by atomic mass is 16.6. The summed E-state index contributed by atoms with van der Waals surface area (Å²) in [5.74, 6) is -1.18. The number of nitrogens with zero attached hydrogens (tertiary/aromatic N) is 2. The van der Waals surface area contributed by atoms with Gasteiger partial charge in [-0.3, -0.25) is 4.79 Å². The van der Waals surface area contributed by atoms with Crippen molar-refractivity contribution in [2.45, 2.75) is 39.2 Å². The molecule has 0 spiro atoms. The minimum Gasteiger partial charge on any atom is -0.480 e. The summed E-state index contributed by atoms with van der Waals surface area (Å²) in [5.41, 5.74) is -2.14. The SMILES string of the molecule is CC(C)(C)OC(=O)N1CCC[C@@](C#N)(C(=O)O)C1. The Bertz CT molecular complexity index is 394. The number of hydrogen-bond donors (Lipinski definition) is 1. The summed E-state index contributed by atoms with van der Waals surface area (Å²) in [6, 6.07) is 1.82. The molecule has 1 atom stereocenters. The molecule has 100 valence electrons. The van der Waals surface area contributed by atoms with E-state index in [1.165, 1.54) is 4.90 Å². The lowest BCUT2D eigenvalue weighted by atomic mass is 9.81. The molecule has 0 saturated carbocycles. The number of rotatable bonds is 1. The van der Waals surface area contributed by atoms with Crippen molar-refractivity contribution in [2.75, 3.05) is 13.1 Å². The van der Waals surface area contributed by atoms with Gasteiger partial charge in [-0.25, -0.2) is 4.79 Å². The van der Waals surface area contributed by atoms with Crippen molar-refractivity contribution >= 4 is 12.1 Å². The molecular weight excluding hydrogens is 236 g/mol. The summed E-state index contributed by atoms with van der Waals surface area (Å²) < 4.78 is 5.18. The van der Waals surface area contributed by atoms with Crippen LogP contribution in [0.2, 0.25) is 0 Å². The molecule has 0 aliphatic carbocycles. The topological polar surface area (TPSA) is 90.6 Å². The molecule has 1 rings (SSSR count). The quantitative estimate of drug-likeness (QED) is 0.767. The van der Waals surface area contributed by atoms with Crippen LogP contribution in [0.5, 0.6) is 0 Å². The highest BCUT2D eigenvalue weighted by Gasteiger charge is 2.45. The Hall–Kier alpha value is -1.77. The first-order chi connectivity index (χ1) is 8.20. The van der Waals surface area contributed by atoms with Crippen LogP contribution in [0.4, 0.5) is 4.79 Å². The minimum atomic E-state index is -1.50. The first kappa shape index (κ1) is 14.3. The maximum absolute atomic E-state index is 11.8. The Kier molecular flexibility index (Phi) is 3.85. The molecule has 1 aliphatic heterocycles. The Morgan fingerprint density at radius 2 is 2.06 bits per heavy atom. The van der Waals surface area contributed by atoms with E-state index in [4.69, 9.17) is 15.1 Å². The van der Waals surface area contributed by atoms with Crippen molar-refractivity contribution in [1.82, 2.24) is 4.90 Å². The molecule has 0 aromatic heterocycles. The second-order valence-electron chi connectivity index (χ2n) is 5.50. The lowest BCUT2D eigenvalue weighted by Gasteiger charge is -2.36. The monoisotopic (exact) mass is 254 g/mol. The summed E-state index contributed by atoms with van der Waals surface area (Å²) in [4.78, 5) is 24.3. The van der Waals surface area contributed by atoms with Crippen LogP contribution >= 0.6 is 0 Å². The highest BCUT2D eigenvalue weighted by molar-refractivity contribution is 5.80. The van der Waals surface area contributed by atoms with Crippen LogP contribution in [-0.4, -0.2) is 40.8 Å². The van der Waals surface area contributed by atoms with E-state index in [0.717, 1.165) is 0 Å². The summed E-state index contributed by atoms with van der Waals surface area (Å²) >= 11 is 0. The summed E-state index contributed by atoms with van der Waals surface area (Å²) in [6.07, 6.45) is 0.181. The largest absolute Gasteiger partial charge is 0.480 e. The molecule has 0 aromatic rings. The first-order valence-electron chi connectivity index (χ1n) is 5.83. The minimum absolute atomic E-state index is 0.117. The second-order valence-corrected chi connectivity index (χ2v) is 5.50. The Morgan fingerprint density at radius 1 is 1.44 bits per heavy atom. The predicted molar refractivity (Wildman–Crippen MR) is 62.7 cm³/mol. The molecule has 1 saturated heterocycles. The van der Waals surface area contributed by atoms with Crippen molar-refractivity contribution in [3.63, 3.8) is 0 Å². The van der Waals surface area contributed by atoms with Crippen LogP contribution < -0.4 is 0 Å². The number of carboxylic acid groups (broad SMARTS) is 1. The van der Waals surface area contributed by atoms with Gasteiger partial charge >= 0.3 is 12.1 Å². The number of carbonyl (C=O) groups is 2. The van der Waals surface area contributed by atoms with Gasteiger partial charge in [0.15, 0.2) is 5.41 Å². The number of likely N-dealkylation sites (tertiary alicyclic amines) is 1.